The van der Waals surface area contributed by atoms with Crippen LogP contribution in [0.25, 0.3) is 0 Å². The molecule has 15 heteroatoms. The average Bonchev–Trinajstić information content (AvgIpc) is 2.29. The Balaban J connectivity index is 0. The number of carbonyl (C=O) groups is 1. The van der Waals surface area contributed by atoms with Crippen LogP contribution in [0.1, 0.15) is 0 Å². The van der Waals surface area contributed by atoms with E-state index in [1.165, 1.54) is 0 Å². The van der Waals surface area contributed by atoms with Gasteiger partial charge in [-0.05, 0) is 0 Å². The molecule has 0 aromatic rings. The van der Waals surface area contributed by atoms with Crippen molar-refractivity contribution in [2.24, 2.45) is 0 Å². The average molecular weight is 362 g/mol. The second-order valence-corrected chi connectivity index (χ2v) is 5.93. The second-order valence-electron chi connectivity index (χ2n) is 3.50. The summed E-state index contributed by atoms with van der Waals surface area (Å²) in [4.78, 5) is 46.2. The smallest absolute Gasteiger partial charge is 0.756 e. The molecular weight excluding hydrogens is 349 g/mol. The Kier molecular flexibility index (Phi) is 11.2. The molecule has 0 radical (unpaired) electrons. The van der Waals surface area contributed by atoms with Crippen molar-refractivity contribution in [2.75, 3.05) is 13.2 Å². The quantitative estimate of drug-likeness (QED) is 0.167. The molecule has 0 aromatic carbocycles. The normalized spacial score (nSPS) is 19.0. The van der Waals surface area contributed by atoms with Crippen LogP contribution in [0, 0.1) is 0 Å². The maximum absolute atomic E-state index is 11.1. The summed E-state index contributed by atoms with van der Waals surface area (Å²) < 4.78 is 28.0. The molecule has 0 aliphatic heterocycles. The molecule has 0 saturated carbocycles. The van der Waals surface area contributed by atoms with Crippen molar-refractivity contribution in [3.8, 4) is 0 Å². The van der Waals surface area contributed by atoms with Crippen LogP contribution < -0.4 is 34.5 Å². The van der Waals surface area contributed by atoms with Crippen LogP contribution in [0.5, 0.6) is 0 Å². The minimum absolute atomic E-state index is 0. The molecule has 4 atom stereocenters. The van der Waals surface area contributed by atoms with Crippen molar-refractivity contribution in [1.82, 2.24) is 0 Å². The molecule has 0 bridgehead atoms. The first-order chi connectivity index (χ1) is 8.83. The van der Waals surface area contributed by atoms with Gasteiger partial charge in [0.05, 0.1) is 6.61 Å². The number of hydrogen-bond acceptors (Lipinski definition) is 9. The number of rotatable bonds is 9. The van der Waals surface area contributed by atoms with E-state index in [2.05, 4.69) is 9.05 Å². The summed E-state index contributed by atoms with van der Waals surface area (Å²) in [5.74, 6) is -1.38. The predicted molar refractivity (Wildman–Crippen MR) is 56.8 cm³/mol. The molecule has 0 fully saturated rings. The van der Waals surface area contributed by atoms with Gasteiger partial charge in [0.1, 0.15) is 24.9 Å². The summed E-state index contributed by atoms with van der Waals surface area (Å²) in [7, 11) is -10.1. The number of phosphoric acid groups is 2. The summed E-state index contributed by atoms with van der Waals surface area (Å²) in [6, 6.07) is 0. The number of aliphatic hydroxyl groups is 3. The maximum atomic E-state index is 11.1. The van der Waals surface area contributed by atoms with Crippen LogP contribution in [0.2, 0.25) is 0 Å². The van der Waals surface area contributed by atoms with E-state index < -0.39 is 53.0 Å². The minimum atomic E-state index is -5.16. The van der Waals surface area contributed by atoms with Gasteiger partial charge in [0.2, 0.25) is 0 Å². The monoisotopic (exact) mass is 362 g/mol. The molecule has 0 amide bonds. The van der Waals surface area contributed by atoms with E-state index in [0.717, 1.165) is 0 Å². The van der Waals surface area contributed by atoms with E-state index in [1.807, 2.05) is 0 Å². The Morgan fingerprint density at radius 3 is 1.95 bits per heavy atom. The van der Waals surface area contributed by atoms with Crippen molar-refractivity contribution in [2.45, 2.75) is 18.3 Å². The van der Waals surface area contributed by atoms with Crippen LogP contribution >= 0.6 is 15.6 Å². The predicted octanol–water partition coefficient (Wildman–Crippen LogP) is -6.77. The Hall–Kier alpha value is 0.770. The van der Waals surface area contributed by atoms with Crippen molar-refractivity contribution in [3.05, 3.63) is 0 Å². The molecule has 0 rings (SSSR count). The Labute approximate surface area is 140 Å². The van der Waals surface area contributed by atoms with Gasteiger partial charge in [0, 0.05) is 0 Å². The molecule has 120 valence electrons. The van der Waals surface area contributed by atoms with E-state index in [0.29, 0.717) is 0 Å². The van der Waals surface area contributed by atoms with Crippen LogP contribution in [0.4, 0.5) is 0 Å². The molecule has 21 heavy (non-hydrogen) atoms. The fraction of sp³-hybridized carbons (Fsp3) is 0.833. The van der Waals surface area contributed by atoms with Gasteiger partial charge in [0.25, 0.3) is 7.82 Å². The van der Waals surface area contributed by atoms with Gasteiger partial charge in [-0.25, -0.2) is 4.57 Å². The molecule has 0 aliphatic carbocycles. The molecule has 0 spiro atoms. The third-order valence-corrected chi connectivity index (χ3v) is 2.77. The van der Waals surface area contributed by atoms with E-state index in [9.17, 15) is 34.1 Å². The molecule has 6 N–H and O–H groups in total. The SMILES string of the molecule is O=C(COP(=O)(O)O)[C@@H](O)[C@H](O)[C@H](O)COP(=O)([O-])O.[Na+]. The van der Waals surface area contributed by atoms with Gasteiger partial charge < -0.3 is 39.4 Å². The number of ketones is 1. The van der Waals surface area contributed by atoms with Crippen molar-refractivity contribution in [1.29, 1.82) is 0 Å². The molecule has 0 saturated heterocycles. The van der Waals surface area contributed by atoms with Gasteiger partial charge >= 0.3 is 37.4 Å². The Morgan fingerprint density at radius 1 is 1.10 bits per heavy atom. The molecule has 0 heterocycles. The summed E-state index contributed by atoms with van der Waals surface area (Å²) in [6.45, 7) is -2.40. The summed E-state index contributed by atoms with van der Waals surface area (Å²) in [5.41, 5.74) is 0. The third-order valence-electron chi connectivity index (χ3n) is 1.83. The Morgan fingerprint density at radius 2 is 1.57 bits per heavy atom. The molecular formula is C6H13NaO12P2. The Bertz CT molecular complexity index is 416. The zero-order valence-corrected chi connectivity index (χ0v) is 14.5. The first-order valence-electron chi connectivity index (χ1n) is 4.79. The molecule has 0 aliphatic rings. The number of carbonyl (C=O) groups excluding carboxylic acids is 1. The zero-order chi connectivity index (χ0) is 16.1. The zero-order valence-electron chi connectivity index (χ0n) is 10.7. The van der Waals surface area contributed by atoms with Crippen molar-refractivity contribution < 1.29 is 87.4 Å². The number of Topliss-reactive ketones (excluding diaryl/α,β-unsaturated/α-hetero) is 1. The second kappa shape index (κ2) is 9.81. The number of aliphatic hydroxyl groups excluding tert-OH is 3. The number of hydrogen-bond donors (Lipinski definition) is 6. The van der Waals surface area contributed by atoms with Gasteiger partial charge in [-0.2, -0.15) is 0 Å². The van der Waals surface area contributed by atoms with E-state index in [-0.39, 0.29) is 29.6 Å². The summed E-state index contributed by atoms with van der Waals surface area (Å²) in [6.07, 6.45) is -6.61. The fourth-order valence-electron chi connectivity index (χ4n) is 0.903. The third kappa shape index (κ3) is 11.9. The molecule has 0 aromatic heterocycles. The summed E-state index contributed by atoms with van der Waals surface area (Å²) >= 11 is 0. The van der Waals surface area contributed by atoms with Crippen molar-refractivity contribution >= 4 is 21.4 Å². The van der Waals surface area contributed by atoms with Crippen LogP contribution in [-0.4, -0.2) is 67.3 Å². The molecule has 1 unspecified atom stereocenters. The van der Waals surface area contributed by atoms with Crippen LogP contribution in [0.3, 0.4) is 0 Å². The van der Waals surface area contributed by atoms with Gasteiger partial charge in [0.15, 0.2) is 5.78 Å². The van der Waals surface area contributed by atoms with Crippen LogP contribution in [0.15, 0.2) is 0 Å². The maximum Gasteiger partial charge on any atom is 1.00 e. The van der Waals surface area contributed by atoms with Gasteiger partial charge in [-0.1, -0.05) is 0 Å². The van der Waals surface area contributed by atoms with Crippen molar-refractivity contribution in [3.63, 3.8) is 0 Å². The van der Waals surface area contributed by atoms with E-state index >= 15 is 0 Å². The van der Waals surface area contributed by atoms with E-state index in [4.69, 9.17) is 14.7 Å². The molecule has 12 nitrogen and oxygen atoms in total. The largest absolute Gasteiger partial charge is 1.00 e. The minimum Gasteiger partial charge on any atom is -0.756 e. The van der Waals surface area contributed by atoms with Gasteiger partial charge in [-0.15, -0.1) is 0 Å². The standard InChI is InChI=1S/C6H14O12P2.Na/c7-3(1-17-19(11,12)13)5(9)6(10)4(8)2-18-20(14,15)16;/h3,5-7,9-10H,1-2H2,(H2,11,12,13)(H2,14,15,16);/q;+1/p-1/t3-,5-,6-;/m1./s1. The first kappa shape index (κ1) is 24.0. The fourth-order valence-corrected chi connectivity index (χ4v) is 1.54. The van der Waals surface area contributed by atoms with Gasteiger partial charge in [-0.3, -0.25) is 13.9 Å². The summed E-state index contributed by atoms with van der Waals surface area (Å²) in [5, 5.41) is 27.7. The van der Waals surface area contributed by atoms with Crippen LogP contribution in [-0.2, 0) is 23.0 Å². The first-order valence-corrected chi connectivity index (χ1v) is 7.81. The van der Waals surface area contributed by atoms with E-state index in [1.54, 1.807) is 0 Å². The number of phosphoric ester groups is 2. The topological polar surface area (TPSA) is 214 Å².